The van der Waals surface area contributed by atoms with Gasteiger partial charge < -0.3 is 26.1 Å². The van der Waals surface area contributed by atoms with Crippen LogP contribution in [0.4, 0.5) is 4.79 Å². The third-order valence-electron chi connectivity index (χ3n) is 7.06. The summed E-state index contributed by atoms with van der Waals surface area (Å²) in [5.74, 6) is -0.670. The minimum atomic E-state index is -0.941. The Labute approximate surface area is 244 Å². The number of Topliss-reactive ketones (excluding diaryl/α,β-unsaturated/α-hetero) is 2. The van der Waals surface area contributed by atoms with Crippen LogP contribution in [0.3, 0.4) is 0 Å². The number of nitrogens with two attached hydrogens (primary N) is 1. The molecule has 0 radical (unpaired) electrons. The molecule has 2 aliphatic carbocycles. The summed E-state index contributed by atoms with van der Waals surface area (Å²) in [5, 5.41) is 5.54. The molecule has 1 saturated heterocycles. The monoisotopic (exact) mass is 583 g/mol. The Balaban J connectivity index is 0.000000505. The smallest absolute Gasteiger partial charge is 0.316 e. The number of urea groups is 1. The van der Waals surface area contributed by atoms with Crippen molar-refractivity contribution >= 4 is 48.5 Å². The van der Waals surface area contributed by atoms with E-state index < -0.39 is 47.3 Å². The van der Waals surface area contributed by atoms with Crippen molar-refractivity contribution in [2.24, 2.45) is 28.9 Å². The molecule has 0 aromatic carbocycles. The molecule has 1 heterocycles. The van der Waals surface area contributed by atoms with Gasteiger partial charge >= 0.3 is 6.03 Å². The van der Waals surface area contributed by atoms with Crippen LogP contribution < -0.4 is 21.1 Å². The predicted molar refractivity (Wildman–Crippen MR) is 156 cm³/mol. The third-order valence-corrected chi connectivity index (χ3v) is 7.45. The molecule has 3 aliphatic rings. The van der Waals surface area contributed by atoms with Crippen LogP contribution in [0, 0.1) is 23.2 Å². The number of hydrogen-bond donors (Lipinski definition) is 5. The first-order valence-electron chi connectivity index (χ1n) is 14.1. The van der Waals surface area contributed by atoms with Crippen LogP contribution in [-0.2, 0) is 24.0 Å². The highest BCUT2D eigenvalue weighted by Gasteiger charge is 2.41. The molecule has 2 saturated carbocycles. The molecule has 40 heavy (non-hydrogen) atoms. The van der Waals surface area contributed by atoms with E-state index in [1.54, 1.807) is 4.90 Å². The Morgan fingerprint density at radius 2 is 1.52 bits per heavy atom. The van der Waals surface area contributed by atoms with Gasteiger partial charge in [0.2, 0.25) is 11.7 Å². The van der Waals surface area contributed by atoms with Gasteiger partial charge in [0, 0.05) is 12.5 Å². The van der Waals surface area contributed by atoms with Gasteiger partial charge in [-0.1, -0.05) is 67.2 Å². The Kier molecular flexibility index (Phi) is 14.3. The second kappa shape index (κ2) is 16.1. The molecule has 3 rings (SSSR count). The number of amides is 4. The average Bonchev–Trinajstić information content (AvgIpc) is 3.83. The number of thiol groups is 1. The maximum Gasteiger partial charge on any atom is 0.316 e. The van der Waals surface area contributed by atoms with Gasteiger partial charge in [-0.3, -0.25) is 23.9 Å². The summed E-state index contributed by atoms with van der Waals surface area (Å²) in [6.45, 7) is 13.7. The van der Waals surface area contributed by atoms with Crippen LogP contribution >= 0.6 is 12.8 Å². The summed E-state index contributed by atoms with van der Waals surface area (Å²) < 4.78 is 2.29. The molecular formula is C28H49N5O6S. The summed E-state index contributed by atoms with van der Waals surface area (Å²) in [5.41, 5.74) is 4.12. The van der Waals surface area contributed by atoms with Crippen LogP contribution in [0.5, 0.6) is 0 Å². The van der Waals surface area contributed by atoms with Crippen LogP contribution in [0.15, 0.2) is 0 Å². The van der Waals surface area contributed by atoms with Crippen molar-refractivity contribution in [3.63, 3.8) is 0 Å². The van der Waals surface area contributed by atoms with E-state index in [1.807, 2.05) is 34.6 Å². The zero-order chi connectivity index (χ0) is 30.8. The average molecular weight is 584 g/mol. The Hall–Kier alpha value is -2.47. The number of carbonyl (C=O) groups excluding carboxylic acids is 6. The first-order chi connectivity index (χ1) is 18.5. The summed E-state index contributed by atoms with van der Waals surface area (Å²) in [6, 6.07) is -2.87. The van der Waals surface area contributed by atoms with Crippen LogP contribution in [0.25, 0.3) is 0 Å². The second-order valence-electron chi connectivity index (χ2n) is 12.5. The fourth-order valence-corrected chi connectivity index (χ4v) is 4.08. The Morgan fingerprint density at radius 1 is 0.975 bits per heavy atom. The molecule has 4 unspecified atom stereocenters. The molecule has 4 amide bonds. The van der Waals surface area contributed by atoms with Crippen LogP contribution in [0.2, 0.25) is 0 Å². The van der Waals surface area contributed by atoms with Crippen molar-refractivity contribution in [3.8, 4) is 0 Å². The maximum absolute atomic E-state index is 13.0. The van der Waals surface area contributed by atoms with E-state index in [-0.39, 0.29) is 23.5 Å². The van der Waals surface area contributed by atoms with Gasteiger partial charge in [0.15, 0.2) is 5.78 Å². The molecule has 0 aromatic heterocycles. The fourth-order valence-electron chi connectivity index (χ4n) is 3.96. The molecule has 0 aromatic rings. The topological polar surface area (TPSA) is 168 Å². The molecule has 3 fully saturated rings. The highest BCUT2D eigenvalue weighted by atomic mass is 32.1. The number of primary amides is 1. The number of nitrogens with zero attached hydrogens (tertiary/aromatic N) is 1. The highest BCUT2D eigenvalue weighted by Crippen LogP contribution is 2.32. The minimum Gasteiger partial charge on any atom is -0.363 e. The third kappa shape index (κ3) is 12.0. The normalized spacial score (nSPS) is 20.5. The first kappa shape index (κ1) is 35.6. The maximum atomic E-state index is 13.0. The summed E-state index contributed by atoms with van der Waals surface area (Å²) in [4.78, 5) is 71.5. The van der Waals surface area contributed by atoms with Gasteiger partial charge in [0.25, 0.3) is 5.91 Å². The van der Waals surface area contributed by atoms with E-state index in [9.17, 15) is 28.8 Å². The highest BCUT2D eigenvalue weighted by molar-refractivity contribution is 7.78. The minimum absolute atomic E-state index is 0.0225. The lowest BCUT2D eigenvalue weighted by atomic mass is 9.85. The summed E-state index contributed by atoms with van der Waals surface area (Å²) >= 11 is 3.57. The molecular weight excluding hydrogens is 534 g/mol. The van der Waals surface area contributed by atoms with E-state index in [4.69, 9.17) is 0 Å². The molecule has 228 valence electrons. The number of ketones is 2. The van der Waals surface area contributed by atoms with E-state index in [2.05, 4.69) is 40.8 Å². The number of hydrogen-bond acceptors (Lipinski definition) is 8. The number of aldehydes is 1. The second-order valence-corrected chi connectivity index (χ2v) is 12.7. The SMILES string of the molecule is CC(C)C(NC(=O)NC(C(=O)N1CCCC1C=O)C(C)(C)C)C(=O)C1CC1.CC(NS)C(=O)C(N)=O.CC1CC1. The van der Waals surface area contributed by atoms with E-state index >= 15 is 0 Å². The lowest BCUT2D eigenvalue weighted by Crippen LogP contribution is -2.59. The van der Waals surface area contributed by atoms with E-state index in [0.29, 0.717) is 13.0 Å². The molecule has 5 N–H and O–H groups in total. The zero-order valence-corrected chi connectivity index (χ0v) is 25.9. The van der Waals surface area contributed by atoms with Crippen molar-refractivity contribution in [2.75, 3.05) is 6.54 Å². The number of carbonyl (C=O) groups is 6. The molecule has 1 aliphatic heterocycles. The van der Waals surface area contributed by atoms with E-state index in [1.165, 1.54) is 19.8 Å². The van der Waals surface area contributed by atoms with Crippen LogP contribution in [-0.4, -0.2) is 71.3 Å². The molecule has 4 atom stereocenters. The van der Waals surface area contributed by atoms with Crippen molar-refractivity contribution < 1.29 is 28.8 Å². The van der Waals surface area contributed by atoms with Gasteiger partial charge in [-0.25, -0.2) is 4.79 Å². The van der Waals surface area contributed by atoms with Gasteiger partial charge in [0.05, 0.1) is 18.1 Å². The largest absolute Gasteiger partial charge is 0.363 e. The lowest BCUT2D eigenvalue weighted by Gasteiger charge is -2.35. The van der Waals surface area contributed by atoms with E-state index in [0.717, 1.165) is 31.5 Å². The summed E-state index contributed by atoms with van der Waals surface area (Å²) in [7, 11) is 0. The van der Waals surface area contributed by atoms with Gasteiger partial charge in [-0.05, 0) is 49.9 Å². The van der Waals surface area contributed by atoms with Crippen molar-refractivity contribution in [2.45, 2.75) is 111 Å². The quantitative estimate of drug-likeness (QED) is 0.149. The van der Waals surface area contributed by atoms with Gasteiger partial charge in [0.1, 0.15) is 12.3 Å². The van der Waals surface area contributed by atoms with Crippen molar-refractivity contribution in [1.82, 2.24) is 20.3 Å². The molecule has 0 spiro atoms. The molecule has 0 bridgehead atoms. The zero-order valence-electron chi connectivity index (χ0n) is 25.0. The first-order valence-corrected chi connectivity index (χ1v) is 14.6. The van der Waals surface area contributed by atoms with Crippen LogP contribution in [0.1, 0.15) is 87.0 Å². The Bertz CT molecular complexity index is 913. The fraction of sp³-hybridized carbons (Fsp3) is 0.786. The van der Waals surface area contributed by atoms with Crippen molar-refractivity contribution in [1.29, 1.82) is 0 Å². The lowest BCUT2D eigenvalue weighted by molar-refractivity contribution is -0.138. The number of likely N-dealkylation sites (tertiary alicyclic amines) is 1. The van der Waals surface area contributed by atoms with Gasteiger partial charge in [-0.15, -0.1) is 0 Å². The predicted octanol–water partition coefficient (Wildman–Crippen LogP) is 2.17. The number of nitrogens with one attached hydrogen (secondary N) is 3. The van der Waals surface area contributed by atoms with Crippen molar-refractivity contribution in [3.05, 3.63) is 0 Å². The molecule has 12 heteroatoms. The van der Waals surface area contributed by atoms with Gasteiger partial charge in [-0.2, -0.15) is 0 Å². The Morgan fingerprint density at radius 3 is 1.88 bits per heavy atom. The number of rotatable bonds is 10. The molecule has 11 nitrogen and oxygen atoms in total. The summed E-state index contributed by atoms with van der Waals surface area (Å²) in [6.07, 6.45) is 6.98. The standard InChI is InChI=1S/C20H33N3O4.C4H8N2O2S.C4H8/c1-12(2)15(16(25)13-8-9-13)21-19(27)22-17(20(3,4)5)18(26)23-10-6-7-14(23)11-24;1-2(6-9)3(7)4(5)8;1-4-2-3-4/h11-15,17H,6-10H2,1-5H3,(H2,21,22,27);2,6,9H,1H3,(H2,5,8);4H,2-3H2,1H3.